The molecule has 0 saturated carbocycles. The maximum absolute atomic E-state index is 14.0. The average Bonchev–Trinajstić information content (AvgIpc) is 3.99. The Morgan fingerprint density at radius 1 is 0.697 bits per heavy atom. The number of benzene rings is 2. The molecule has 2 amide bonds. The number of anilines is 2. The van der Waals surface area contributed by atoms with E-state index in [0.717, 1.165) is 50.1 Å². The van der Waals surface area contributed by atoms with Crippen molar-refractivity contribution in [2.24, 2.45) is 0 Å². The molecule has 0 radical (unpaired) electrons. The Bertz CT molecular complexity index is 2690. The SMILES string of the molecule is Cc1cc(-c2nc(N)ncc2F)ccc1CNC(=O)c1cnc(C(C)(C)C)s1.Cc1cc(B2OC(C)(C)C(C)(C)O2)ccc1CNC(=O)c1cnc(C(C)(C)C)s1.Nc1ncc(F)c(Cl)n1. The molecule has 0 bridgehead atoms. The maximum atomic E-state index is 14.0. The number of nitrogen functional groups attached to an aromatic ring is 2. The highest BCUT2D eigenvalue weighted by Gasteiger charge is 2.51. The number of rotatable bonds is 8. The molecule has 0 atom stereocenters. The van der Waals surface area contributed by atoms with Crippen molar-refractivity contribution in [3.63, 3.8) is 0 Å². The van der Waals surface area contributed by atoms with E-state index in [1.54, 1.807) is 18.5 Å². The molecule has 350 valence electrons. The van der Waals surface area contributed by atoms with E-state index in [4.69, 9.17) is 32.4 Å². The standard InChI is InChI=1S/C22H31BN2O3S.C20H22FN5OS.C4H3ClFN3/c1-14-11-16(23-27-21(5,6)22(7,8)28-23)10-9-15(14)12-24-18(26)17-13-25-19(29-17)20(2,3)4;1-11-7-12(16-14(21)9-25-19(22)26-16)5-6-13(11)8-23-17(27)15-10-24-18(28-15)20(2,3)4;5-3-2(6)1-8-4(7)9-3/h9-11,13H,12H2,1-8H3,(H,24,26);5-7,9-10H,8H2,1-4H3,(H,23,27)(H2,22,25,26);1H,(H2,7,8,9). The second-order valence-corrected chi connectivity index (χ2v) is 21.1. The van der Waals surface area contributed by atoms with Gasteiger partial charge in [0, 0.05) is 29.5 Å². The van der Waals surface area contributed by atoms with Gasteiger partial charge in [0.1, 0.15) is 15.4 Å². The lowest BCUT2D eigenvalue weighted by Crippen LogP contribution is -2.41. The quantitative estimate of drug-likeness (QED) is 0.0835. The van der Waals surface area contributed by atoms with E-state index in [9.17, 15) is 18.4 Å². The van der Waals surface area contributed by atoms with Gasteiger partial charge in [-0.05, 0) is 75.3 Å². The average molecular weight is 961 g/mol. The number of hydrogen-bond donors (Lipinski definition) is 4. The van der Waals surface area contributed by atoms with E-state index in [1.165, 1.54) is 22.7 Å². The molecular weight excluding hydrogens is 905 g/mol. The van der Waals surface area contributed by atoms with Crippen LogP contribution in [0.2, 0.25) is 5.15 Å². The first-order chi connectivity index (χ1) is 30.6. The molecule has 4 aromatic heterocycles. The lowest BCUT2D eigenvalue weighted by molar-refractivity contribution is 0.00578. The van der Waals surface area contributed by atoms with Gasteiger partial charge in [-0.25, -0.2) is 33.7 Å². The van der Waals surface area contributed by atoms with Crippen molar-refractivity contribution in [1.29, 1.82) is 0 Å². The summed E-state index contributed by atoms with van der Waals surface area (Å²) < 4.78 is 38.4. The van der Waals surface area contributed by atoms with Gasteiger partial charge in [-0.2, -0.15) is 4.98 Å². The molecule has 1 fully saturated rings. The molecule has 2 aromatic carbocycles. The minimum absolute atomic E-state index is 0.0181. The second-order valence-electron chi connectivity index (χ2n) is 18.6. The highest BCUT2D eigenvalue weighted by atomic mass is 35.5. The predicted molar refractivity (Wildman–Crippen MR) is 259 cm³/mol. The van der Waals surface area contributed by atoms with Crippen LogP contribution in [0.4, 0.5) is 20.7 Å². The lowest BCUT2D eigenvalue weighted by Gasteiger charge is -2.32. The molecule has 66 heavy (non-hydrogen) atoms. The molecule has 1 aliphatic rings. The topological polar surface area (TPSA) is 206 Å². The first-order valence-electron chi connectivity index (χ1n) is 20.9. The fourth-order valence-electron chi connectivity index (χ4n) is 6.00. The van der Waals surface area contributed by atoms with Crippen molar-refractivity contribution >= 4 is 70.6 Å². The van der Waals surface area contributed by atoms with Crippen LogP contribution < -0.4 is 27.6 Å². The van der Waals surface area contributed by atoms with Crippen LogP contribution in [0.5, 0.6) is 0 Å². The molecule has 0 spiro atoms. The van der Waals surface area contributed by atoms with Gasteiger partial charge in [-0.1, -0.05) is 83.5 Å². The summed E-state index contributed by atoms with van der Waals surface area (Å²) in [5.41, 5.74) is 15.5. The monoisotopic (exact) mass is 960 g/mol. The fraction of sp³-hybridized carbons (Fsp3) is 0.391. The van der Waals surface area contributed by atoms with Crippen LogP contribution in [0.1, 0.15) is 121 Å². The number of carbonyl (C=O) groups is 2. The van der Waals surface area contributed by atoms with Gasteiger partial charge in [0.15, 0.2) is 16.8 Å². The zero-order valence-electron chi connectivity index (χ0n) is 39.2. The number of nitrogens with zero attached hydrogens (tertiary/aromatic N) is 6. The molecular formula is C46H56BClF2N10O4S2. The Morgan fingerprint density at radius 2 is 1.15 bits per heavy atom. The Kier molecular flexibility index (Phi) is 16.1. The zero-order chi connectivity index (χ0) is 48.9. The zero-order valence-corrected chi connectivity index (χ0v) is 41.6. The third-order valence-electron chi connectivity index (χ3n) is 10.6. The summed E-state index contributed by atoms with van der Waals surface area (Å²) in [5.74, 6) is -1.45. The number of nitrogens with two attached hydrogens (primary N) is 2. The highest BCUT2D eigenvalue weighted by molar-refractivity contribution is 7.14. The van der Waals surface area contributed by atoms with Crippen LogP contribution in [0.25, 0.3) is 11.3 Å². The smallest absolute Gasteiger partial charge is 0.399 e. The molecule has 0 aliphatic carbocycles. The van der Waals surface area contributed by atoms with Crippen LogP contribution in [0, 0.1) is 25.5 Å². The summed E-state index contributed by atoms with van der Waals surface area (Å²) in [6.07, 6.45) is 5.25. The summed E-state index contributed by atoms with van der Waals surface area (Å²) in [6, 6.07) is 11.5. The highest BCUT2D eigenvalue weighted by Crippen LogP contribution is 2.37. The van der Waals surface area contributed by atoms with E-state index in [0.29, 0.717) is 28.4 Å². The number of carbonyl (C=O) groups excluding carboxylic acids is 2. The molecule has 0 unspecified atom stereocenters. The Hall–Kier alpha value is -5.47. The fourth-order valence-corrected chi connectivity index (χ4v) is 7.92. The summed E-state index contributed by atoms with van der Waals surface area (Å²) >= 11 is 8.06. The van der Waals surface area contributed by atoms with E-state index >= 15 is 0 Å². The Balaban J connectivity index is 0.000000208. The summed E-state index contributed by atoms with van der Waals surface area (Å²) in [4.78, 5) is 49.2. The molecule has 1 saturated heterocycles. The van der Waals surface area contributed by atoms with Crippen LogP contribution in [-0.2, 0) is 33.2 Å². The minimum Gasteiger partial charge on any atom is -0.399 e. The number of amides is 2. The van der Waals surface area contributed by atoms with Gasteiger partial charge < -0.3 is 31.4 Å². The molecule has 6 aromatic rings. The van der Waals surface area contributed by atoms with Crippen molar-refractivity contribution in [3.05, 3.63) is 120 Å². The van der Waals surface area contributed by atoms with Crippen LogP contribution in [0.15, 0.2) is 61.2 Å². The predicted octanol–water partition coefficient (Wildman–Crippen LogP) is 8.69. The van der Waals surface area contributed by atoms with E-state index in [2.05, 4.69) is 88.1 Å². The van der Waals surface area contributed by atoms with Crippen LogP contribution >= 0.6 is 34.3 Å². The van der Waals surface area contributed by atoms with Crippen molar-refractivity contribution in [1.82, 2.24) is 40.5 Å². The van der Waals surface area contributed by atoms with Crippen molar-refractivity contribution in [2.75, 3.05) is 11.5 Å². The summed E-state index contributed by atoms with van der Waals surface area (Å²) in [7, 11) is -0.379. The molecule has 20 heteroatoms. The maximum Gasteiger partial charge on any atom is 0.494 e. The van der Waals surface area contributed by atoms with Crippen LogP contribution in [0.3, 0.4) is 0 Å². The minimum atomic E-state index is -0.661. The molecule has 14 nitrogen and oxygen atoms in total. The van der Waals surface area contributed by atoms with Gasteiger partial charge in [0.05, 0.1) is 46.0 Å². The normalized spacial score (nSPS) is 14.1. The Morgan fingerprint density at radius 3 is 1.58 bits per heavy atom. The van der Waals surface area contributed by atoms with Crippen LogP contribution in [-0.4, -0.2) is 60.0 Å². The number of halogens is 3. The number of aromatic nitrogens is 6. The first kappa shape index (κ1) is 51.5. The third-order valence-corrected chi connectivity index (χ3v) is 13.7. The van der Waals surface area contributed by atoms with Crippen molar-refractivity contribution in [2.45, 2.75) is 118 Å². The lowest BCUT2D eigenvalue weighted by atomic mass is 9.78. The van der Waals surface area contributed by atoms with Crippen molar-refractivity contribution < 1.29 is 27.7 Å². The largest absolute Gasteiger partial charge is 0.494 e. The van der Waals surface area contributed by atoms with E-state index in [-0.39, 0.29) is 63.7 Å². The van der Waals surface area contributed by atoms with Gasteiger partial charge in [0.25, 0.3) is 11.8 Å². The molecule has 6 N–H and O–H groups in total. The number of thiazole rings is 2. The summed E-state index contributed by atoms with van der Waals surface area (Å²) in [5, 5.41) is 7.55. The van der Waals surface area contributed by atoms with E-state index < -0.39 is 11.6 Å². The molecule has 1 aliphatic heterocycles. The number of nitrogens with one attached hydrogen (secondary N) is 2. The van der Waals surface area contributed by atoms with Crippen molar-refractivity contribution in [3.8, 4) is 11.3 Å². The molecule has 7 rings (SSSR count). The van der Waals surface area contributed by atoms with Gasteiger partial charge >= 0.3 is 7.12 Å². The Labute approximate surface area is 397 Å². The van der Waals surface area contributed by atoms with E-state index in [1.807, 2.05) is 65.8 Å². The van der Waals surface area contributed by atoms with Gasteiger partial charge in [-0.15, -0.1) is 22.7 Å². The molecule has 5 heterocycles. The second kappa shape index (κ2) is 20.6. The number of aryl methyl sites for hydroxylation is 2. The van der Waals surface area contributed by atoms with Gasteiger partial charge in [0.2, 0.25) is 11.9 Å². The first-order valence-corrected chi connectivity index (χ1v) is 22.9. The number of hydrogen-bond acceptors (Lipinski definition) is 14. The summed E-state index contributed by atoms with van der Waals surface area (Å²) in [6.45, 7) is 25.4. The van der Waals surface area contributed by atoms with Gasteiger partial charge in [-0.3, -0.25) is 9.59 Å². The third kappa shape index (κ3) is 13.1.